The maximum absolute atomic E-state index is 12.9. The van der Waals surface area contributed by atoms with E-state index in [1.807, 2.05) is 16.9 Å². The Labute approximate surface area is 164 Å². The van der Waals surface area contributed by atoms with Crippen LogP contribution in [0.3, 0.4) is 0 Å². The normalized spacial score (nSPS) is 16.0. The van der Waals surface area contributed by atoms with Crippen LogP contribution < -0.4 is 10.6 Å². The van der Waals surface area contributed by atoms with Crippen molar-refractivity contribution in [3.8, 4) is 0 Å². The average Bonchev–Trinajstić information content (AvgIpc) is 3.25. The van der Waals surface area contributed by atoms with Gasteiger partial charge in [0, 0.05) is 17.8 Å². The summed E-state index contributed by atoms with van der Waals surface area (Å²) in [5.74, 6) is 0.444. The second-order valence-corrected chi connectivity index (χ2v) is 7.18. The summed E-state index contributed by atoms with van der Waals surface area (Å²) >= 11 is 1.60. The minimum atomic E-state index is -0.590. The van der Waals surface area contributed by atoms with Gasteiger partial charge in [0.15, 0.2) is 0 Å². The Hall–Kier alpha value is -1.15. The fraction of sp³-hybridized carbons (Fsp3) is 0.562. The third kappa shape index (κ3) is 4.73. The molecule has 0 saturated carbocycles. The number of carbonyl (C=O) groups excluding carboxylic acids is 1. The second kappa shape index (κ2) is 9.52. The molecule has 0 unspecified atom stereocenters. The molecule has 0 spiro atoms. The lowest BCUT2D eigenvalue weighted by atomic mass is 9.87. The number of nitrogens with zero attached hydrogens (tertiary/aromatic N) is 3. The van der Waals surface area contributed by atoms with Gasteiger partial charge in [-0.1, -0.05) is 13.8 Å². The van der Waals surface area contributed by atoms with Crippen LogP contribution in [0.15, 0.2) is 23.8 Å². The summed E-state index contributed by atoms with van der Waals surface area (Å²) in [5.41, 5.74) is 0.496. The molecule has 25 heavy (non-hydrogen) atoms. The van der Waals surface area contributed by atoms with Gasteiger partial charge < -0.3 is 10.6 Å². The number of aromatic nitrogens is 3. The van der Waals surface area contributed by atoms with Gasteiger partial charge in [0.1, 0.15) is 10.5 Å². The van der Waals surface area contributed by atoms with Gasteiger partial charge in [-0.3, -0.25) is 9.48 Å². The summed E-state index contributed by atoms with van der Waals surface area (Å²) in [6, 6.07) is 1.87. The lowest BCUT2D eigenvalue weighted by molar-refractivity contribution is -0.132. The van der Waals surface area contributed by atoms with E-state index in [2.05, 4.69) is 39.9 Å². The van der Waals surface area contributed by atoms with Crippen LogP contribution in [0.25, 0.3) is 0 Å². The summed E-state index contributed by atoms with van der Waals surface area (Å²) in [5, 5.41) is 13.7. The molecule has 2 aromatic heterocycles. The zero-order valence-corrected chi connectivity index (χ0v) is 16.8. The maximum Gasteiger partial charge on any atom is 0.248 e. The molecule has 1 fully saturated rings. The summed E-state index contributed by atoms with van der Waals surface area (Å²) in [7, 11) is 0. The zero-order valence-electron chi connectivity index (χ0n) is 14.4. The lowest BCUT2D eigenvalue weighted by Gasteiger charge is -2.36. The number of piperidine rings is 1. The van der Waals surface area contributed by atoms with Crippen molar-refractivity contribution in [1.29, 1.82) is 0 Å². The van der Waals surface area contributed by atoms with Crippen molar-refractivity contribution < 1.29 is 4.79 Å². The van der Waals surface area contributed by atoms with Crippen LogP contribution in [0.1, 0.15) is 43.3 Å². The van der Waals surface area contributed by atoms with Crippen molar-refractivity contribution in [2.24, 2.45) is 0 Å². The van der Waals surface area contributed by atoms with E-state index in [4.69, 9.17) is 0 Å². The molecule has 6 nitrogen and oxygen atoms in total. The van der Waals surface area contributed by atoms with Crippen LogP contribution in [0.5, 0.6) is 0 Å². The second-order valence-electron chi connectivity index (χ2n) is 6.24. The van der Waals surface area contributed by atoms with Crippen molar-refractivity contribution in [3.05, 3.63) is 34.5 Å². The molecular formula is C16H25Cl2N5OS. The minimum absolute atomic E-state index is 0. The fourth-order valence-electron chi connectivity index (χ4n) is 2.91. The predicted molar refractivity (Wildman–Crippen MR) is 105 cm³/mol. The highest BCUT2D eigenvalue weighted by molar-refractivity contribution is 7.09. The molecular weight excluding hydrogens is 381 g/mol. The highest BCUT2D eigenvalue weighted by atomic mass is 35.5. The van der Waals surface area contributed by atoms with E-state index >= 15 is 0 Å². The standard InChI is InChI=1S/C16H23N5OS.2ClH/c1-12(2)13-11-23-14(20-13)10-18-15(22)16(4-7-17-8-5-16)21-9-3-6-19-21;;/h3,6,9,11-12,17H,4-5,7-8,10H2,1-2H3,(H,18,22);2*1H. The van der Waals surface area contributed by atoms with E-state index in [0.717, 1.165) is 36.6 Å². The van der Waals surface area contributed by atoms with Gasteiger partial charge in [-0.15, -0.1) is 36.2 Å². The van der Waals surface area contributed by atoms with Gasteiger partial charge in [-0.25, -0.2) is 4.98 Å². The smallest absolute Gasteiger partial charge is 0.248 e. The predicted octanol–water partition coefficient (Wildman–Crippen LogP) is 2.70. The number of hydrogen-bond acceptors (Lipinski definition) is 5. The summed E-state index contributed by atoms with van der Waals surface area (Å²) < 4.78 is 1.81. The SMILES string of the molecule is CC(C)c1csc(CNC(=O)C2(n3cccn3)CCNCC2)n1.Cl.Cl. The Bertz CT molecular complexity index is 653. The molecule has 0 radical (unpaired) electrons. The van der Waals surface area contributed by atoms with E-state index in [9.17, 15) is 4.79 Å². The molecule has 0 aliphatic carbocycles. The maximum atomic E-state index is 12.9. The van der Waals surface area contributed by atoms with Gasteiger partial charge in [0.2, 0.25) is 5.91 Å². The van der Waals surface area contributed by atoms with Crippen LogP contribution in [0, 0.1) is 0 Å². The molecule has 0 bridgehead atoms. The van der Waals surface area contributed by atoms with Crippen molar-refractivity contribution in [2.45, 2.75) is 44.7 Å². The topological polar surface area (TPSA) is 71.8 Å². The quantitative estimate of drug-likeness (QED) is 0.801. The summed E-state index contributed by atoms with van der Waals surface area (Å²) in [4.78, 5) is 17.5. The third-order valence-electron chi connectivity index (χ3n) is 4.36. The Morgan fingerprint density at radius 1 is 1.40 bits per heavy atom. The first-order chi connectivity index (χ1) is 11.1. The Balaban J connectivity index is 0.00000156. The molecule has 1 amide bonds. The van der Waals surface area contributed by atoms with Crippen LogP contribution >= 0.6 is 36.2 Å². The molecule has 3 rings (SSSR count). The van der Waals surface area contributed by atoms with E-state index in [1.54, 1.807) is 17.5 Å². The van der Waals surface area contributed by atoms with Crippen LogP contribution in [0.4, 0.5) is 0 Å². The third-order valence-corrected chi connectivity index (χ3v) is 5.22. The first-order valence-electron chi connectivity index (χ1n) is 8.05. The van der Waals surface area contributed by atoms with Gasteiger partial charge in [-0.2, -0.15) is 5.10 Å². The highest BCUT2D eigenvalue weighted by Crippen LogP contribution is 2.27. The van der Waals surface area contributed by atoms with Gasteiger partial charge in [0.25, 0.3) is 0 Å². The number of halogens is 2. The van der Waals surface area contributed by atoms with Gasteiger partial charge in [-0.05, 0) is 37.9 Å². The molecule has 9 heteroatoms. The number of rotatable bonds is 5. The van der Waals surface area contributed by atoms with Crippen molar-refractivity contribution in [3.63, 3.8) is 0 Å². The molecule has 1 aliphatic heterocycles. The average molecular weight is 406 g/mol. The zero-order chi connectivity index (χ0) is 16.3. The summed E-state index contributed by atoms with van der Waals surface area (Å²) in [6.07, 6.45) is 5.10. The number of thiazole rings is 1. The molecule has 1 saturated heterocycles. The Morgan fingerprint density at radius 3 is 2.68 bits per heavy atom. The van der Waals surface area contributed by atoms with E-state index in [0.29, 0.717) is 12.5 Å². The number of nitrogens with one attached hydrogen (secondary N) is 2. The van der Waals surface area contributed by atoms with E-state index < -0.39 is 5.54 Å². The molecule has 2 N–H and O–H groups in total. The molecule has 1 aliphatic rings. The summed E-state index contributed by atoms with van der Waals surface area (Å²) in [6.45, 7) is 6.37. The minimum Gasteiger partial charge on any atom is -0.347 e. The first kappa shape index (κ1) is 21.9. The van der Waals surface area contributed by atoms with E-state index in [1.165, 1.54) is 0 Å². The first-order valence-corrected chi connectivity index (χ1v) is 8.93. The molecule has 2 aromatic rings. The largest absolute Gasteiger partial charge is 0.347 e. The van der Waals surface area contributed by atoms with Crippen LogP contribution in [0.2, 0.25) is 0 Å². The van der Waals surface area contributed by atoms with Crippen molar-refractivity contribution >= 4 is 42.1 Å². The van der Waals surface area contributed by atoms with Crippen molar-refractivity contribution in [2.75, 3.05) is 13.1 Å². The molecule has 0 atom stereocenters. The lowest BCUT2D eigenvalue weighted by Crippen LogP contribution is -2.54. The molecule has 3 heterocycles. The Kier molecular flexibility index (Phi) is 8.34. The van der Waals surface area contributed by atoms with Gasteiger partial charge >= 0.3 is 0 Å². The monoisotopic (exact) mass is 405 g/mol. The molecule has 140 valence electrons. The number of carbonyl (C=O) groups is 1. The van der Waals surface area contributed by atoms with Gasteiger partial charge in [0.05, 0.1) is 12.2 Å². The molecule has 0 aromatic carbocycles. The number of amides is 1. The van der Waals surface area contributed by atoms with E-state index in [-0.39, 0.29) is 30.7 Å². The Morgan fingerprint density at radius 2 is 2.12 bits per heavy atom. The van der Waals surface area contributed by atoms with Crippen LogP contribution in [-0.2, 0) is 16.9 Å². The fourth-order valence-corrected chi connectivity index (χ4v) is 3.81. The highest BCUT2D eigenvalue weighted by Gasteiger charge is 2.41. The van der Waals surface area contributed by atoms with Crippen molar-refractivity contribution in [1.82, 2.24) is 25.4 Å². The van der Waals surface area contributed by atoms with Crippen LogP contribution in [-0.4, -0.2) is 33.8 Å². The number of hydrogen-bond donors (Lipinski definition) is 2.